The highest BCUT2D eigenvalue weighted by atomic mass is 79.9. The number of anilines is 1. The van der Waals surface area contributed by atoms with E-state index in [2.05, 4.69) is 21.2 Å². The Labute approximate surface area is 196 Å². The van der Waals surface area contributed by atoms with Crippen LogP contribution < -0.4 is 14.8 Å². The molecule has 168 valence electrons. The van der Waals surface area contributed by atoms with Gasteiger partial charge in [0.25, 0.3) is 0 Å². The predicted octanol–water partition coefficient (Wildman–Crippen LogP) is 4.30. The lowest BCUT2D eigenvalue weighted by atomic mass is 10.2. The molecule has 0 saturated carbocycles. The summed E-state index contributed by atoms with van der Waals surface area (Å²) < 4.78 is 39.1. The summed E-state index contributed by atoms with van der Waals surface area (Å²) >= 11 is 3.37. The molecule has 3 aromatic carbocycles. The van der Waals surface area contributed by atoms with Gasteiger partial charge in [0.2, 0.25) is 15.9 Å². The number of halogens is 1. The standard InChI is InChI=1S/C23H23BrN2O5S/c1-30-19-12-13-21(22(14-19)31-2)25-23(27)16-26(15-17-8-10-18(24)11-9-17)32(28,29)20-6-4-3-5-7-20/h3-14H,15-16H2,1-2H3,(H,25,27). The molecule has 0 aliphatic rings. The second-order valence-electron chi connectivity index (χ2n) is 6.83. The normalized spacial score (nSPS) is 11.2. The van der Waals surface area contributed by atoms with Crippen LogP contribution in [0.4, 0.5) is 5.69 Å². The number of rotatable bonds is 9. The van der Waals surface area contributed by atoms with Gasteiger partial charge in [-0.25, -0.2) is 8.42 Å². The monoisotopic (exact) mass is 518 g/mol. The highest BCUT2D eigenvalue weighted by molar-refractivity contribution is 9.10. The summed E-state index contributed by atoms with van der Waals surface area (Å²) in [4.78, 5) is 13.0. The van der Waals surface area contributed by atoms with Crippen molar-refractivity contribution in [3.8, 4) is 11.5 Å². The second-order valence-corrected chi connectivity index (χ2v) is 9.68. The topological polar surface area (TPSA) is 84.9 Å². The molecule has 0 atom stereocenters. The Morgan fingerprint density at radius 2 is 1.66 bits per heavy atom. The number of methoxy groups -OCH3 is 2. The largest absolute Gasteiger partial charge is 0.497 e. The van der Waals surface area contributed by atoms with Gasteiger partial charge in [-0.3, -0.25) is 4.79 Å². The van der Waals surface area contributed by atoms with E-state index in [4.69, 9.17) is 9.47 Å². The highest BCUT2D eigenvalue weighted by Gasteiger charge is 2.27. The molecule has 0 heterocycles. The van der Waals surface area contributed by atoms with Crippen LogP contribution in [0.2, 0.25) is 0 Å². The molecular weight excluding hydrogens is 496 g/mol. The van der Waals surface area contributed by atoms with E-state index in [1.165, 1.54) is 26.4 Å². The van der Waals surface area contributed by atoms with Gasteiger partial charge in [0, 0.05) is 17.1 Å². The van der Waals surface area contributed by atoms with Crippen LogP contribution in [0.1, 0.15) is 5.56 Å². The molecule has 0 radical (unpaired) electrons. The first kappa shape index (κ1) is 23.8. The minimum absolute atomic E-state index is 0.0394. The van der Waals surface area contributed by atoms with Gasteiger partial charge in [-0.05, 0) is 42.0 Å². The minimum Gasteiger partial charge on any atom is -0.497 e. The molecule has 32 heavy (non-hydrogen) atoms. The SMILES string of the molecule is COc1ccc(NC(=O)CN(Cc2ccc(Br)cc2)S(=O)(=O)c2ccccc2)c(OC)c1. The van der Waals surface area contributed by atoms with Gasteiger partial charge in [0.15, 0.2) is 0 Å². The van der Waals surface area contributed by atoms with Gasteiger partial charge in [0.05, 0.1) is 31.3 Å². The van der Waals surface area contributed by atoms with E-state index in [9.17, 15) is 13.2 Å². The van der Waals surface area contributed by atoms with Crippen molar-refractivity contribution in [2.45, 2.75) is 11.4 Å². The maximum atomic E-state index is 13.3. The molecule has 0 fully saturated rings. The number of amides is 1. The third-order valence-electron chi connectivity index (χ3n) is 4.66. The minimum atomic E-state index is -3.91. The van der Waals surface area contributed by atoms with E-state index in [0.717, 1.165) is 14.3 Å². The maximum Gasteiger partial charge on any atom is 0.243 e. The van der Waals surface area contributed by atoms with Crippen LogP contribution in [-0.4, -0.2) is 39.4 Å². The Morgan fingerprint density at radius 1 is 0.969 bits per heavy atom. The molecular formula is C23H23BrN2O5S. The number of hydrogen-bond donors (Lipinski definition) is 1. The molecule has 0 unspecified atom stereocenters. The third kappa shape index (κ3) is 5.87. The lowest BCUT2D eigenvalue weighted by Gasteiger charge is -2.22. The first-order valence-electron chi connectivity index (χ1n) is 9.65. The zero-order valence-corrected chi connectivity index (χ0v) is 20.0. The van der Waals surface area contributed by atoms with Gasteiger partial charge in [-0.1, -0.05) is 46.3 Å². The molecule has 0 aliphatic heterocycles. The Balaban J connectivity index is 1.86. The van der Waals surface area contributed by atoms with Crippen molar-refractivity contribution in [3.63, 3.8) is 0 Å². The molecule has 0 bridgehead atoms. The van der Waals surface area contributed by atoms with Crippen LogP contribution in [-0.2, 0) is 21.4 Å². The van der Waals surface area contributed by atoms with Crippen LogP contribution in [0.15, 0.2) is 82.2 Å². The van der Waals surface area contributed by atoms with Crippen LogP contribution >= 0.6 is 15.9 Å². The third-order valence-corrected chi connectivity index (χ3v) is 6.99. The van der Waals surface area contributed by atoms with E-state index in [1.807, 2.05) is 24.3 Å². The van der Waals surface area contributed by atoms with Crippen LogP contribution in [0, 0.1) is 0 Å². The number of nitrogens with zero attached hydrogens (tertiary/aromatic N) is 1. The molecule has 1 amide bonds. The number of hydrogen-bond acceptors (Lipinski definition) is 5. The van der Waals surface area contributed by atoms with Crippen molar-refractivity contribution in [2.75, 3.05) is 26.1 Å². The van der Waals surface area contributed by atoms with E-state index in [-0.39, 0.29) is 18.0 Å². The van der Waals surface area contributed by atoms with Gasteiger partial charge < -0.3 is 14.8 Å². The van der Waals surface area contributed by atoms with E-state index in [1.54, 1.807) is 36.4 Å². The Morgan fingerprint density at radius 3 is 2.28 bits per heavy atom. The van der Waals surface area contributed by atoms with Crippen molar-refractivity contribution in [1.29, 1.82) is 0 Å². The number of carbonyl (C=O) groups is 1. The second kappa shape index (κ2) is 10.6. The summed E-state index contributed by atoms with van der Waals surface area (Å²) in [6.07, 6.45) is 0. The molecule has 1 N–H and O–H groups in total. The van der Waals surface area contributed by atoms with Crippen molar-refractivity contribution in [3.05, 3.63) is 82.8 Å². The maximum absolute atomic E-state index is 13.3. The van der Waals surface area contributed by atoms with Gasteiger partial charge in [-0.2, -0.15) is 4.31 Å². The lowest BCUT2D eigenvalue weighted by molar-refractivity contribution is -0.116. The first-order chi connectivity index (χ1) is 15.3. The number of benzene rings is 3. The molecule has 0 aliphatic carbocycles. The average molecular weight is 519 g/mol. The van der Waals surface area contributed by atoms with Crippen molar-refractivity contribution in [2.24, 2.45) is 0 Å². The summed E-state index contributed by atoms with van der Waals surface area (Å²) in [6.45, 7) is -0.333. The van der Waals surface area contributed by atoms with Crippen LogP contribution in [0.25, 0.3) is 0 Å². The smallest absolute Gasteiger partial charge is 0.243 e. The Bertz CT molecular complexity index is 1170. The summed E-state index contributed by atoms with van der Waals surface area (Å²) in [5.74, 6) is 0.483. The lowest BCUT2D eigenvalue weighted by Crippen LogP contribution is -2.37. The fourth-order valence-electron chi connectivity index (χ4n) is 3.01. The van der Waals surface area contributed by atoms with Crippen molar-refractivity contribution < 1.29 is 22.7 Å². The molecule has 0 spiro atoms. The van der Waals surface area contributed by atoms with Gasteiger partial charge in [0.1, 0.15) is 11.5 Å². The summed E-state index contributed by atoms with van der Waals surface area (Å²) in [5, 5.41) is 2.73. The molecule has 0 saturated heterocycles. The molecule has 9 heteroatoms. The summed E-state index contributed by atoms with van der Waals surface area (Å²) in [7, 11) is -0.908. The van der Waals surface area contributed by atoms with E-state index < -0.39 is 15.9 Å². The summed E-state index contributed by atoms with van der Waals surface area (Å²) in [5.41, 5.74) is 1.17. The van der Waals surface area contributed by atoms with Crippen molar-refractivity contribution in [1.82, 2.24) is 4.31 Å². The Hall–Kier alpha value is -2.88. The number of nitrogens with one attached hydrogen (secondary N) is 1. The fourth-order valence-corrected chi connectivity index (χ4v) is 4.68. The Kier molecular flexibility index (Phi) is 7.89. The molecule has 7 nitrogen and oxygen atoms in total. The van der Waals surface area contributed by atoms with Crippen LogP contribution in [0.5, 0.6) is 11.5 Å². The number of sulfonamides is 1. The zero-order chi connectivity index (χ0) is 23.1. The first-order valence-corrected chi connectivity index (χ1v) is 11.9. The number of ether oxygens (including phenoxy) is 2. The molecule has 3 aromatic rings. The van der Waals surface area contributed by atoms with Gasteiger partial charge >= 0.3 is 0 Å². The highest BCUT2D eigenvalue weighted by Crippen LogP contribution is 2.29. The zero-order valence-electron chi connectivity index (χ0n) is 17.6. The summed E-state index contributed by atoms with van der Waals surface area (Å²) in [6, 6.07) is 20.3. The molecule has 0 aromatic heterocycles. The number of carbonyl (C=O) groups excluding carboxylic acids is 1. The van der Waals surface area contributed by atoms with E-state index >= 15 is 0 Å². The van der Waals surface area contributed by atoms with E-state index in [0.29, 0.717) is 17.2 Å². The van der Waals surface area contributed by atoms with Gasteiger partial charge in [-0.15, -0.1) is 0 Å². The average Bonchev–Trinajstić information content (AvgIpc) is 2.80. The van der Waals surface area contributed by atoms with Crippen molar-refractivity contribution >= 4 is 37.5 Å². The fraction of sp³-hybridized carbons (Fsp3) is 0.174. The molecule has 3 rings (SSSR count). The predicted molar refractivity (Wildman–Crippen MR) is 126 cm³/mol. The quantitative estimate of drug-likeness (QED) is 0.456. The van der Waals surface area contributed by atoms with Crippen LogP contribution in [0.3, 0.4) is 0 Å².